The second-order valence-corrected chi connectivity index (χ2v) is 4.90. The standard InChI is InChI=1S/C15H21N3O/c1-5-18(9-10(2)8-16)15(19)13-7-14(17)12(4)6-11(13)3/h6-7,10H,5,9,17H2,1-4H3. The third kappa shape index (κ3) is 3.47. The molecule has 0 bridgehead atoms. The Morgan fingerprint density at radius 2 is 2.05 bits per heavy atom. The first-order chi connectivity index (χ1) is 8.90. The van der Waals surface area contributed by atoms with Crippen molar-refractivity contribution in [2.75, 3.05) is 18.8 Å². The molecular formula is C15H21N3O. The van der Waals surface area contributed by atoms with E-state index in [1.807, 2.05) is 33.8 Å². The van der Waals surface area contributed by atoms with Crippen LogP contribution in [0.4, 0.5) is 5.69 Å². The summed E-state index contributed by atoms with van der Waals surface area (Å²) in [6.07, 6.45) is 0. The summed E-state index contributed by atoms with van der Waals surface area (Å²) >= 11 is 0. The molecule has 0 radical (unpaired) electrons. The molecule has 1 aromatic rings. The van der Waals surface area contributed by atoms with Gasteiger partial charge >= 0.3 is 0 Å². The van der Waals surface area contributed by atoms with Crippen molar-refractivity contribution in [3.05, 3.63) is 28.8 Å². The highest BCUT2D eigenvalue weighted by molar-refractivity contribution is 5.96. The minimum absolute atomic E-state index is 0.0613. The number of aryl methyl sites for hydroxylation is 2. The fourth-order valence-corrected chi connectivity index (χ4v) is 2.00. The molecule has 0 heterocycles. The lowest BCUT2D eigenvalue weighted by molar-refractivity contribution is 0.0752. The number of nitrogen functional groups attached to an aromatic ring is 1. The molecule has 1 atom stereocenters. The minimum atomic E-state index is -0.174. The molecule has 0 fully saturated rings. The van der Waals surface area contributed by atoms with Crippen LogP contribution in [0.25, 0.3) is 0 Å². The van der Waals surface area contributed by atoms with Crippen LogP contribution < -0.4 is 5.73 Å². The van der Waals surface area contributed by atoms with E-state index in [1.165, 1.54) is 0 Å². The summed E-state index contributed by atoms with van der Waals surface area (Å²) in [5.41, 5.74) is 9.01. The van der Waals surface area contributed by atoms with Gasteiger partial charge in [-0.05, 0) is 44.9 Å². The van der Waals surface area contributed by atoms with Gasteiger partial charge in [0.05, 0.1) is 12.0 Å². The molecule has 0 aromatic heterocycles. The molecule has 1 rings (SSSR count). The Morgan fingerprint density at radius 3 is 2.58 bits per heavy atom. The Labute approximate surface area is 114 Å². The Balaban J connectivity index is 3.05. The van der Waals surface area contributed by atoms with Gasteiger partial charge in [0, 0.05) is 24.3 Å². The van der Waals surface area contributed by atoms with Crippen LogP contribution >= 0.6 is 0 Å². The number of hydrogen-bond acceptors (Lipinski definition) is 3. The van der Waals surface area contributed by atoms with Gasteiger partial charge < -0.3 is 10.6 Å². The van der Waals surface area contributed by atoms with Gasteiger partial charge in [-0.3, -0.25) is 4.79 Å². The first-order valence-corrected chi connectivity index (χ1v) is 6.46. The van der Waals surface area contributed by atoms with Crippen molar-refractivity contribution in [2.45, 2.75) is 27.7 Å². The number of hydrogen-bond donors (Lipinski definition) is 1. The smallest absolute Gasteiger partial charge is 0.254 e. The van der Waals surface area contributed by atoms with Crippen molar-refractivity contribution in [1.82, 2.24) is 4.90 Å². The molecule has 2 N–H and O–H groups in total. The molecular weight excluding hydrogens is 238 g/mol. The lowest BCUT2D eigenvalue weighted by atomic mass is 10.0. The maximum absolute atomic E-state index is 12.5. The fourth-order valence-electron chi connectivity index (χ4n) is 2.00. The van der Waals surface area contributed by atoms with Crippen LogP contribution in [0.1, 0.15) is 35.3 Å². The van der Waals surface area contributed by atoms with Gasteiger partial charge in [-0.2, -0.15) is 5.26 Å². The van der Waals surface area contributed by atoms with Crippen molar-refractivity contribution < 1.29 is 4.79 Å². The summed E-state index contributed by atoms with van der Waals surface area (Å²) in [7, 11) is 0. The predicted octanol–water partition coefficient (Wildman–Crippen LogP) is 2.51. The number of benzene rings is 1. The number of rotatable bonds is 4. The van der Waals surface area contributed by atoms with Crippen LogP contribution in [0.3, 0.4) is 0 Å². The summed E-state index contributed by atoms with van der Waals surface area (Å²) in [6, 6.07) is 5.80. The Bertz CT molecular complexity index is 517. The monoisotopic (exact) mass is 259 g/mol. The Kier molecular flexibility index (Phi) is 4.94. The first-order valence-electron chi connectivity index (χ1n) is 6.46. The van der Waals surface area contributed by atoms with E-state index in [-0.39, 0.29) is 11.8 Å². The molecule has 4 nitrogen and oxygen atoms in total. The highest BCUT2D eigenvalue weighted by Gasteiger charge is 2.19. The minimum Gasteiger partial charge on any atom is -0.398 e. The van der Waals surface area contributed by atoms with Crippen molar-refractivity contribution in [3.8, 4) is 6.07 Å². The van der Waals surface area contributed by atoms with Crippen LogP contribution in [0.2, 0.25) is 0 Å². The number of nitriles is 1. The molecule has 0 aliphatic heterocycles. The average Bonchev–Trinajstić information content (AvgIpc) is 2.39. The summed E-state index contributed by atoms with van der Waals surface area (Å²) in [4.78, 5) is 14.2. The summed E-state index contributed by atoms with van der Waals surface area (Å²) in [5.74, 6) is -0.235. The topological polar surface area (TPSA) is 70.1 Å². The van der Waals surface area contributed by atoms with Crippen LogP contribution in [0.5, 0.6) is 0 Å². The van der Waals surface area contributed by atoms with E-state index in [9.17, 15) is 4.79 Å². The molecule has 0 saturated carbocycles. The van der Waals surface area contributed by atoms with E-state index in [2.05, 4.69) is 6.07 Å². The predicted molar refractivity (Wildman–Crippen MR) is 76.7 cm³/mol. The van der Waals surface area contributed by atoms with Crippen molar-refractivity contribution in [3.63, 3.8) is 0 Å². The lowest BCUT2D eigenvalue weighted by Gasteiger charge is -2.23. The second-order valence-electron chi connectivity index (χ2n) is 4.90. The SMILES string of the molecule is CCN(CC(C)C#N)C(=O)c1cc(N)c(C)cc1C. The van der Waals surface area contributed by atoms with Gasteiger partial charge in [-0.15, -0.1) is 0 Å². The molecule has 4 heteroatoms. The van der Waals surface area contributed by atoms with E-state index < -0.39 is 0 Å². The second kappa shape index (κ2) is 6.24. The van der Waals surface area contributed by atoms with Gasteiger partial charge in [-0.1, -0.05) is 6.07 Å². The van der Waals surface area contributed by atoms with Crippen molar-refractivity contribution in [1.29, 1.82) is 5.26 Å². The fraction of sp³-hybridized carbons (Fsp3) is 0.467. The molecule has 0 saturated heterocycles. The third-order valence-electron chi connectivity index (χ3n) is 3.23. The lowest BCUT2D eigenvalue weighted by Crippen LogP contribution is -2.34. The van der Waals surface area contributed by atoms with Crippen LogP contribution in [-0.2, 0) is 0 Å². The molecule has 102 valence electrons. The van der Waals surface area contributed by atoms with Gasteiger partial charge in [0.2, 0.25) is 0 Å². The van der Waals surface area contributed by atoms with E-state index in [0.29, 0.717) is 24.3 Å². The van der Waals surface area contributed by atoms with Crippen molar-refractivity contribution in [2.24, 2.45) is 5.92 Å². The zero-order valence-electron chi connectivity index (χ0n) is 12.0. The zero-order chi connectivity index (χ0) is 14.6. The van der Waals surface area contributed by atoms with Gasteiger partial charge in [0.1, 0.15) is 0 Å². The number of nitrogens with zero attached hydrogens (tertiary/aromatic N) is 2. The van der Waals surface area contributed by atoms with E-state index in [0.717, 1.165) is 11.1 Å². The molecule has 0 aliphatic carbocycles. The summed E-state index contributed by atoms with van der Waals surface area (Å²) in [5, 5.41) is 8.86. The van der Waals surface area contributed by atoms with Crippen LogP contribution in [-0.4, -0.2) is 23.9 Å². The molecule has 1 unspecified atom stereocenters. The first kappa shape index (κ1) is 15.0. The van der Waals surface area contributed by atoms with E-state index in [1.54, 1.807) is 11.0 Å². The molecule has 1 aromatic carbocycles. The van der Waals surface area contributed by atoms with Gasteiger partial charge in [0.15, 0.2) is 0 Å². The normalized spacial score (nSPS) is 11.7. The highest BCUT2D eigenvalue weighted by Crippen LogP contribution is 2.19. The van der Waals surface area contributed by atoms with E-state index in [4.69, 9.17) is 11.0 Å². The van der Waals surface area contributed by atoms with Crippen molar-refractivity contribution >= 4 is 11.6 Å². The van der Waals surface area contributed by atoms with Gasteiger partial charge in [0.25, 0.3) is 5.91 Å². The maximum atomic E-state index is 12.5. The molecule has 0 spiro atoms. The molecule has 0 aliphatic rings. The number of nitrogens with two attached hydrogens (primary N) is 1. The van der Waals surface area contributed by atoms with E-state index >= 15 is 0 Å². The quantitative estimate of drug-likeness (QED) is 0.844. The average molecular weight is 259 g/mol. The zero-order valence-corrected chi connectivity index (χ0v) is 12.0. The largest absolute Gasteiger partial charge is 0.398 e. The van der Waals surface area contributed by atoms with Gasteiger partial charge in [-0.25, -0.2) is 0 Å². The molecule has 1 amide bonds. The van der Waals surface area contributed by atoms with Crippen LogP contribution in [0, 0.1) is 31.1 Å². The summed E-state index contributed by atoms with van der Waals surface area (Å²) < 4.78 is 0. The number of anilines is 1. The van der Waals surface area contributed by atoms with Crippen LogP contribution in [0.15, 0.2) is 12.1 Å². The highest BCUT2D eigenvalue weighted by atomic mass is 16.2. The third-order valence-corrected chi connectivity index (χ3v) is 3.23. The number of amides is 1. The summed E-state index contributed by atoms with van der Waals surface area (Å²) in [6.45, 7) is 8.57. The molecule has 19 heavy (non-hydrogen) atoms. The Hall–Kier alpha value is -2.02. The number of carbonyl (C=O) groups is 1. The maximum Gasteiger partial charge on any atom is 0.254 e. The Morgan fingerprint density at radius 1 is 1.42 bits per heavy atom. The number of carbonyl (C=O) groups excluding carboxylic acids is 1.